The minimum Gasteiger partial charge on any atom is -0.370 e. The van der Waals surface area contributed by atoms with Gasteiger partial charge >= 0.3 is 0 Å². The van der Waals surface area contributed by atoms with Gasteiger partial charge in [-0.05, 0) is 29.8 Å². The van der Waals surface area contributed by atoms with Gasteiger partial charge in [-0.25, -0.2) is 0 Å². The van der Waals surface area contributed by atoms with Crippen molar-refractivity contribution in [3.8, 4) is 0 Å². The highest BCUT2D eigenvalue weighted by atomic mass is 35.5. The lowest BCUT2D eigenvalue weighted by molar-refractivity contribution is -0.0228. The van der Waals surface area contributed by atoms with Crippen LogP contribution in [0.5, 0.6) is 0 Å². The van der Waals surface area contributed by atoms with E-state index in [4.69, 9.17) is 16.3 Å². The lowest BCUT2D eigenvalue weighted by atomic mass is 10.1. The number of amides is 1. The van der Waals surface area contributed by atoms with Gasteiger partial charge in [-0.3, -0.25) is 9.20 Å². The molecule has 0 aliphatic carbocycles. The molecule has 1 fully saturated rings. The van der Waals surface area contributed by atoms with Crippen LogP contribution in [0.1, 0.15) is 22.0 Å². The molecular formula is C17H15ClN4O2. The molecule has 0 radical (unpaired) electrons. The summed E-state index contributed by atoms with van der Waals surface area (Å²) in [7, 11) is 0. The summed E-state index contributed by atoms with van der Waals surface area (Å²) in [5, 5.41) is 8.46. The van der Waals surface area contributed by atoms with Crippen LogP contribution < -0.4 is 0 Å². The largest absolute Gasteiger partial charge is 0.370 e. The molecule has 1 atom stereocenters. The average Bonchev–Trinajstić information content (AvgIpc) is 3.09. The van der Waals surface area contributed by atoms with E-state index in [9.17, 15) is 4.79 Å². The molecule has 4 rings (SSSR count). The van der Waals surface area contributed by atoms with Crippen LogP contribution in [0, 0.1) is 0 Å². The second kappa shape index (κ2) is 6.22. The fourth-order valence-electron chi connectivity index (χ4n) is 2.85. The van der Waals surface area contributed by atoms with E-state index >= 15 is 0 Å². The quantitative estimate of drug-likeness (QED) is 0.718. The minimum absolute atomic E-state index is 0.0205. The number of halogens is 1. The number of carbonyl (C=O) groups excluding carboxylic acids is 1. The predicted octanol–water partition coefficient (Wildman–Crippen LogP) is 2.60. The van der Waals surface area contributed by atoms with Crippen molar-refractivity contribution in [1.29, 1.82) is 0 Å². The van der Waals surface area contributed by atoms with Gasteiger partial charge in [0.1, 0.15) is 12.4 Å². The number of benzene rings is 1. The number of hydrogen-bond donors (Lipinski definition) is 0. The zero-order valence-electron chi connectivity index (χ0n) is 12.8. The van der Waals surface area contributed by atoms with Gasteiger partial charge in [0.05, 0.1) is 18.7 Å². The first-order valence-corrected chi connectivity index (χ1v) is 8.04. The lowest BCUT2D eigenvalue weighted by Crippen LogP contribution is -2.42. The minimum atomic E-state index is -0.140. The highest BCUT2D eigenvalue weighted by Crippen LogP contribution is 2.24. The number of nitrogens with zero attached hydrogens (tertiary/aromatic N) is 4. The fourth-order valence-corrected chi connectivity index (χ4v) is 2.98. The van der Waals surface area contributed by atoms with Crippen molar-refractivity contribution in [1.82, 2.24) is 19.5 Å². The number of rotatable bonds is 2. The molecule has 3 aromatic rings. The van der Waals surface area contributed by atoms with Crippen LogP contribution in [0.25, 0.3) is 5.65 Å². The van der Waals surface area contributed by atoms with Crippen LogP contribution in [0.2, 0.25) is 5.02 Å². The van der Waals surface area contributed by atoms with E-state index in [-0.39, 0.29) is 12.0 Å². The lowest BCUT2D eigenvalue weighted by Gasteiger charge is -2.33. The molecular weight excluding hydrogens is 328 g/mol. The third-order valence-corrected chi connectivity index (χ3v) is 4.39. The van der Waals surface area contributed by atoms with E-state index in [0.29, 0.717) is 35.9 Å². The molecule has 0 unspecified atom stereocenters. The van der Waals surface area contributed by atoms with E-state index in [0.717, 1.165) is 5.56 Å². The smallest absolute Gasteiger partial charge is 0.255 e. The number of morpholine rings is 1. The molecule has 0 spiro atoms. The number of ether oxygens (including phenoxy) is 1. The first-order chi connectivity index (χ1) is 11.7. The third-order valence-electron chi connectivity index (χ3n) is 4.13. The van der Waals surface area contributed by atoms with Crippen LogP contribution in [-0.4, -0.2) is 45.1 Å². The first-order valence-electron chi connectivity index (χ1n) is 7.66. The Balaban J connectivity index is 1.54. The Morgan fingerprint density at radius 3 is 2.88 bits per heavy atom. The monoisotopic (exact) mass is 342 g/mol. The highest BCUT2D eigenvalue weighted by molar-refractivity contribution is 6.30. The van der Waals surface area contributed by atoms with Crippen molar-refractivity contribution in [2.75, 3.05) is 19.7 Å². The molecule has 3 heterocycles. The second-order valence-corrected chi connectivity index (χ2v) is 6.11. The second-order valence-electron chi connectivity index (χ2n) is 5.68. The first kappa shape index (κ1) is 15.1. The number of aromatic nitrogens is 3. The maximum Gasteiger partial charge on any atom is 0.255 e. The Morgan fingerprint density at radius 1 is 1.21 bits per heavy atom. The Labute approximate surface area is 143 Å². The molecule has 0 N–H and O–H groups in total. The van der Waals surface area contributed by atoms with E-state index < -0.39 is 0 Å². The Bertz CT molecular complexity index is 878. The molecule has 1 aliphatic rings. The summed E-state index contributed by atoms with van der Waals surface area (Å²) >= 11 is 5.93. The van der Waals surface area contributed by atoms with Gasteiger partial charge in [0.25, 0.3) is 5.91 Å². The molecule has 2 aromatic heterocycles. The van der Waals surface area contributed by atoms with Crippen molar-refractivity contribution in [3.05, 3.63) is 65.1 Å². The van der Waals surface area contributed by atoms with Crippen molar-refractivity contribution in [2.45, 2.75) is 6.10 Å². The molecule has 122 valence electrons. The summed E-state index contributed by atoms with van der Waals surface area (Å²) < 4.78 is 7.56. The summed E-state index contributed by atoms with van der Waals surface area (Å²) in [6.07, 6.45) is 3.20. The number of fused-ring (bicyclic) bond motifs is 1. The summed E-state index contributed by atoms with van der Waals surface area (Å²) in [6, 6.07) is 11.1. The standard InChI is InChI=1S/C17H15ClN4O2/c18-14-4-1-12(2-5-14)15-10-21(7-8-24-15)17(23)13-3-6-16-20-19-11-22(16)9-13/h1-6,9,11,15H,7-8,10H2/t15-/m1/s1. The van der Waals surface area contributed by atoms with Gasteiger partial charge in [-0.1, -0.05) is 23.7 Å². The van der Waals surface area contributed by atoms with Gasteiger partial charge in [0, 0.05) is 17.8 Å². The van der Waals surface area contributed by atoms with E-state index in [1.807, 2.05) is 29.2 Å². The topological polar surface area (TPSA) is 59.7 Å². The zero-order valence-corrected chi connectivity index (χ0v) is 13.6. The summed E-state index contributed by atoms with van der Waals surface area (Å²) in [5.74, 6) is -0.0205. The molecule has 6 nitrogen and oxygen atoms in total. The fraction of sp³-hybridized carbons (Fsp3) is 0.235. The molecule has 1 aromatic carbocycles. The summed E-state index contributed by atoms with van der Waals surface area (Å²) in [5.41, 5.74) is 2.35. The Morgan fingerprint density at radius 2 is 2.04 bits per heavy atom. The van der Waals surface area contributed by atoms with Gasteiger partial charge in [0.15, 0.2) is 5.65 Å². The molecule has 1 aliphatic heterocycles. The van der Waals surface area contributed by atoms with Crippen LogP contribution in [0.4, 0.5) is 0 Å². The van der Waals surface area contributed by atoms with E-state index in [1.54, 1.807) is 29.1 Å². The van der Waals surface area contributed by atoms with Crippen LogP contribution in [0.15, 0.2) is 48.9 Å². The van der Waals surface area contributed by atoms with Crippen LogP contribution in [0.3, 0.4) is 0 Å². The Kier molecular flexibility index (Phi) is 3.92. The Hall–Kier alpha value is -2.44. The normalized spacial score (nSPS) is 18.0. The average molecular weight is 343 g/mol. The molecule has 7 heteroatoms. The van der Waals surface area contributed by atoms with Gasteiger partial charge in [0.2, 0.25) is 0 Å². The van der Waals surface area contributed by atoms with Gasteiger partial charge in [-0.2, -0.15) is 0 Å². The van der Waals surface area contributed by atoms with Gasteiger partial charge in [-0.15, -0.1) is 10.2 Å². The van der Waals surface area contributed by atoms with Crippen molar-refractivity contribution in [2.24, 2.45) is 0 Å². The molecule has 1 saturated heterocycles. The number of hydrogen-bond acceptors (Lipinski definition) is 4. The van der Waals surface area contributed by atoms with Crippen LogP contribution >= 0.6 is 11.6 Å². The molecule has 0 bridgehead atoms. The maximum absolute atomic E-state index is 12.8. The van der Waals surface area contributed by atoms with Gasteiger partial charge < -0.3 is 9.64 Å². The zero-order chi connectivity index (χ0) is 16.5. The molecule has 0 saturated carbocycles. The molecule has 1 amide bonds. The summed E-state index contributed by atoms with van der Waals surface area (Å²) in [6.45, 7) is 1.59. The van der Waals surface area contributed by atoms with E-state index in [1.165, 1.54) is 0 Å². The van der Waals surface area contributed by atoms with Crippen LogP contribution in [-0.2, 0) is 4.74 Å². The number of pyridine rings is 1. The highest BCUT2D eigenvalue weighted by Gasteiger charge is 2.26. The SMILES string of the molecule is O=C(c1ccc2nncn2c1)N1CCO[C@@H](c2ccc(Cl)cc2)C1. The summed E-state index contributed by atoms with van der Waals surface area (Å²) in [4.78, 5) is 14.6. The number of carbonyl (C=O) groups is 1. The molecule has 24 heavy (non-hydrogen) atoms. The predicted molar refractivity (Wildman–Crippen MR) is 89.0 cm³/mol. The van der Waals surface area contributed by atoms with Crippen molar-refractivity contribution >= 4 is 23.2 Å². The van der Waals surface area contributed by atoms with Crippen molar-refractivity contribution in [3.63, 3.8) is 0 Å². The maximum atomic E-state index is 12.8. The van der Waals surface area contributed by atoms with E-state index in [2.05, 4.69) is 10.2 Å². The van der Waals surface area contributed by atoms with Crippen molar-refractivity contribution < 1.29 is 9.53 Å². The third kappa shape index (κ3) is 2.86.